The average molecular weight is 349 g/mol. The number of nitrogens with zero attached hydrogens (tertiary/aromatic N) is 1. The summed E-state index contributed by atoms with van der Waals surface area (Å²) in [6, 6.07) is 16.7. The van der Waals surface area contributed by atoms with E-state index in [1.165, 1.54) is 0 Å². The number of ether oxygens (including phenoxy) is 3. The fourth-order valence-corrected chi connectivity index (χ4v) is 2.50. The molecule has 1 aromatic heterocycles. The third-order valence-corrected chi connectivity index (χ3v) is 3.90. The molecule has 0 unspecified atom stereocenters. The number of methoxy groups -OCH3 is 1. The van der Waals surface area contributed by atoms with Crippen LogP contribution in [0.15, 0.2) is 59.4 Å². The van der Waals surface area contributed by atoms with Gasteiger partial charge in [-0.25, -0.2) is 0 Å². The normalized spacial score (nSPS) is 10.1. The van der Waals surface area contributed by atoms with E-state index in [2.05, 4.69) is 11.8 Å². The average Bonchev–Trinajstić information content (AvgIpc) is 2.68. The third-order valence-electron chi connectivity index (χ3n) is 3.90. The van der Waals surface area contributed by atoms with Gasteiger partial charge >= 0.3 is 0 Å². The molecule has 0 aliphatic carbocycles. The molecular formula is C21H19NO4. The van der Waals surface area contributed by atoms with Crippen molar-refractivity contribution in [2.24, 2.45) is 7.05 Å². The summed E-state index contributed by atoms with van der Waals surface area (Å²) in [6.07, 6.45) is 0. The van der Waals surface area contributed by atoms with Crippen molar-refractivity contribution >= 4 is 10.9 Å². The Morgan fingerprint density at radius 2 is 1.58 bits per heavy atom. The van der Waals surface area contributed by atoms with Gasteiger partial charge in [0.2, 0.25) is 0 Å². The molecular weight excluding hydrogens is 330 g/mol. The van der Waals surface area contributed by atoms with Crippen LogP contribution < -0.4 is 19.8 Å². The van der Waals surface area contributed by atoms with Gasteiger partial charge in [-0.1, -0.05) is 30.0 Å². The van der Waals surface area contributed by atoms with E-state index in [0.717, 1.165) is 16.7 Å². The maximum absolute atomic E-state index is 12.3. The predicted molar refractivity (Wildman–Crippen MR) is 101 cm³/mol. The summed E-state index contributed by atoms with van der Waals surface area (Å²) >= 11 is 0. The molecule has 1 heterocycles. The van der Waals surface area contributed by atoms with Gasteiger partial charge in [-0.3, -0.25) is 4.79 Å². The number of para-hydroxylation sites is 1. The fraction of sp³-hybridized carbons (Fsp3) is 0.190. The van der Waals surface area contributed by atoms with Gasteiger partial charge in [-0.2, -0.15) is 0 Å². The van der Waals surface area contributed by atoms with E-state index in [9.17, 15) is 4.79 Å². The number of hydrogen-bond acceptors (Lipinski definition) is 4. The van der Waals surface area contributed by atoms with Crippen molar-refractivity contribution in [2.45, 2.75) is 0 Å². The number of fused-ring (bicyclic) bond motifs is 1. The quantitative estimate of drug-likeness (QED) is 0.665. The minimum Gasteiger partial charge on any atom is -0.497 e. The third kappa shape index (κ3) is 3.98. The minimum atomic E-state index is -0.181. The Morgan fingerprint density at radius 1 is 0.923 bits per heavy atom. The van der Waals surface area contributed by atoms with Crippen LogP contribution in [0.4, 0.5) is 0 Å². The van der Waals surface area contributed by atoms with Gasteiger partial charge < -0.3 is 18.8 Å². The molecule has 0 N–H and O–H groups in total. The number of aryl methyl sites for hydroxylation is 1. The minimum absolute atomic E-state index is 0.125. The summed E-state index contributed by atoms with van der Waals surface area (Å²) < 4.78 is 17.7. The predicted octanol–water partition coefficient (Wildman–Crippen LogP) is 3.01. The van der Waals surface area contributed by atoms with E-state index >= 15 is 0 Å². The zero-order valence-electron chi connectivity index (χ0n) is 14.7. The summed E-state index contributed by atoms with van der Waals surface area (Å²) in [6.45, 7) is 0.366. The number of benzene rings is 2. The number of aromatic nitrogens is 1. The van der Waals surface area contributed by atoms with Crippen LogP contribution in [0.2, 0.25) is 0 Å². The first-order valence-corrected chi connectivity index (χ1v) is 8.13. The molecule has 0 aliphatic rings. The van der Waals surface area contributed by atoms with Crippen molar-refractivity contribution in [1.82, 2.24) is 4.57 Å². The molecule has 2 aromatic carbocycles. The Kier molecular flexibility index (Phi) is 5.45. The van der Waals surface area contributed by atoms with E-state index in [1.807, 2.05) is 48.5 Å². The van der Waals surface area contributed by atoms with Crippen molar-refractivity contribution in [1.29, 1.82) is 0 Å². The van der Waals surface area contributed by atoms with Crippen LogP contribution in [-0.2, 0) is 7.05 Å². The van der Waals surface area contributed by atoms with Crippen LogP contribution in [0, 0.1) is 11.8 Å². The van der Waals surface area contributed by atoms with Gasteiger partial charge in [0.15, 0.2) is 5.75 Å². The molecule has 0 aliphatic heterocycles. The number of hydrogen-bond donors (Lipinski definition) is 0. The molecule has 132 valence electrons. The molecule has 0 saturated carbocycles. The largest absolute Gasteiger partial charge is 0.497 e. The van der Waals surface area contributed by atoms with Gasteiger partial charge in [0.25, 0.3) is 5.56 Å². The SMILES string of the molecule is COc1ccc(OCC#CCOc2cc3ccccc3n(C)c2=O)cc1. The van der Waals surface area contributed by atoms with Gasteiger partial charge in [0, 0.05) is 12.4 Å². The lowest BCUT2D eigenvalue weighted by Crippen LogP contribution is -2.19. The molecule has 0 spiro atoms. The van der Waals surface area contributed by atoms with E-state index in [-0.39, 0.29) is 24.5 Å². The summed E-state index contributed by atoms with van der Waals surface area (Å²) in [5.74, 6) is 7.49. The first kappa shape index (κ1) is 17.4. The Morgan fingerprint density at radius 3 is 2.31 bits per heavy atom. The van der Waals surface area contributed by atoms with Gasteiger partial charge in [-0.15, -0.1) is 0 Å². The topological polar surface area (TPSA) is 49.7 Å². The van der Waals surface area contributed by atoms with Crippen LogP contribution in [0.25, 0.3) is 10.9 Å². The maximum Gasteiger partial charge on any atom is 0.293 e. The molecule has 5 heteroatoms. The molecule has 26 heavy (non-hydrogen) atoms. The summed E-state index contributed by atoms with van der Waals surface area (Å²) in [7, 11) is 3.34. The Balaban J connectivity index is 1.57. The van der Waals surface area contributed by atoms with E-state index in [4.69, 9.17) is 14.2 Å². The van der Waals surface area contributed by atoms with Crippen molar-refractivity contribution in [3.8, 4) is 29.1 Å². The van der Waals surface area contributed by atoms with Crippen LogP contribution >= 0.6 is 0 Å². The van der Waals surface area contributed by atoms with Gasteiger partial charge in [0.05, 0.1) is 12.6 Å². The molecule has 0 radical (unpaired) electrons. The lowest BCUT2D eigenvalue weighted by Gasteiger charge is -2.08. The van der Waals surface area contributed by atoms with E-state index < -0.39 is 0 Å². The van der Waals surface area contributed by atoms with Crippen LogP contribution in [-0.4, -0.2) is 24.9 Å². The molecule has 0 fully saturated rings. The van der Waals surface area contributed by atoms with Crippen molar-refractivity contribution in [2.75, 3.05) is 20.3 Å². The Hall–Kier alpha value is -3.39. The second-order valence-electron chi connectivity index (χ2n) is 5.54. The van der Waals surface area contributed by atoms with Crippen LogP contribution in [0.1, 0.15) is 0 Å². The highest BCUT2D eigenvalue weighted by Crippen LogP contribution is 2.17. The van der Waals surface area contributed by atoms with E-state index in [0.29, 0.717) is 5.75 Å². The highest BCUT2D eigenvalue weighted by Gasteiger charge is 2.06. The van der Waals surface area contributed by atoms with Crippen LogP contribution in [0.3, 0.4) is 0 Å². The first-order valence-electron chi connectivity index (χ1n) is 8.13. The van der Waals surface area contributed by atoms with E-state index in [1.54, 1.807) is 24.8 Å². The fourth-order valence-electron chi connectivity index (χ4n) is 2.50. The van der Waals surface area contributed by atoms with Crippen molar-refractivity contribution in [3.05, 3.63) is 65.0 Å². The smallest absolute Gasteiger partial charge is 0.293 e. The molecule has 0 amide bonds. The summed E-state index contributed by atoms with van der Waals surface area (Å²) in [5.41, 5.74) is 0.684. The zero-order valence-corrected chi connectivity index (χ0v) is 14.7. The van der Waals surface area contributed by atoms with Crippen molar-refractivity contribution in [3.63, 3.8) is 0 Å². The maximum atomic E-state index is 12.3. The summed E-state index contributed by atoms with van der Waals surface area (Å²) in [4.78, 5) is 12.3. The molecule has 0 atom stereocenters. The lowest BCUT2D eigenvalue weighted by molar-refractivity contribution is 0.357. The zero-order chi connectivity index (χ0) is 18.4. The van der Waals surface area contributed by atoms with Gasteiger partial charge in [-0.05, 0) is 36.4 Å². The Labute approximate surface area is 151 Å². The molecule has 5 nitrogen and oxygen atoms in total. The second-order valence-corrected chi connectivity index (χ2v) is 5.54. The highest BCUT2D eigenvalue weighted by atomic mass is 16.5. The first-order chi connectivity index (χ1) is 12.7. The number of rotatable bonds is 5. The molecule has 0 saturated heterocycles. The monoisotopic (exact) mass is 349 g/mol. The standard InChI is InChI=1S/C21H19NO4/c1-22-19-8-4-3-7-16(19)15-20(21(22)23)26-14-6-5-13-25-18-11-9-17(24-2)10-12-18/h3-4,7-12,15H,13-14H2,1-2H3. The Bertz CT molecular complexity index is 1010. The lowest BCUT2D eigenvalue weighted by atomic mass is 10.2. The summed E-state index contributed by atoms with van der Waals surface area (Å²) in [5, 5.41) is 0.945. The highest BCUT2D eigenvalue weighted by molar-refractivity contribution is 5.80. The van der Waals surface area contributed by atoms with Crippen LogP contribution in [0.5, 0.6) is 17.2 Å². The van der Waals surface area contributed by atoms with Gasteiger partial charge in [0.1, 0.15) is 24.7 Å². The number of pyridine rings is 1. The van der Waals surface area contributed by atoms with Crippen molar-refractivity contribution < 1.29 is 14.2 Å². The molecule has 0 bridgehead atoms. The second kappa shape index (κ2) is 8.13. The molecule has 3 rings (SSSR count). The molecule has 3 aromatic rings.